The van der Waals surface area contributed by atoms with Crippen LogP contribution in [0.15, 0.2) is 42.5 Å². The molecule has 2 aromatic carbocycles. The largest absolute Gasteiger partial charge is 0.465 e. The van der Waals surface area contributed by atoms with Crippen LogP contribution in [0.1, 0.15) is 37.4 Å². The van der Waals surface area contributed by atoms with Crippen molar-refractivity contribution in [2.24, 2.45) is 5.41 Å². The number of carbonyl (C=O) groups is 1. The molecule has 0 bridgehead atoms. The van der Waals surface area contributed by atoms with Gasteiger partial charge in [-0.25, -0.2) is 9.18 Å². The van der Waals surface area contributed by atoms with E-state index in [1.54, 1.807) is 12.1 Å². The van der Waals surface area contributed by atoms with Crippen molar-refractivity contribution < 1.29 is 14.3 Å². The first kappa shape index (κ1) is 15.5. The first-order valence-electron chi connectivity index (χ1n) is 7.76. The number of benzene rings is 2. The van der Waals surface area contributed by atoms with Gasteiger partial charge in [0.25, 0.3) is 0 Å². The smallest absolute Gasteiger partial charge is 0.405 e. The van der Waals surface area contributed by atoms with Gasteiger partial charge in [0.1, 0.15) is 5.82 Å². The number of amides is 1. The molecular formula is C19H20FNO2. The highest BCUT2D eigenvalue weighted by molar-refractivity contribution is 5.68. The third-order valence-corrected chi connectivity index (χ3v) is 4.73. The molecule has 1 amide bonds. The van der Waals surface area contributed by atoms with Crippen LogP contribution in [0.25, 0.3) is 11.1 Å². The number of aryl methyl sites for hydroxylation is 1. The molecule has 0 aromatic heterocycles. The fourth-order valence-corrected chi connectivity index (χ4v) is 3.39. The van der Waals surface area contributed by atoms with E-state index in [1.807, 2.05) is 24.3 Å². The minimum Gasteiger partial charge on any atom is -0.465 e. The topological polar surface area (TPSA) is 49.3 Å². The molecule has 0 unspecified atom stereocenters. The molecule has 0 aliphatic heterocycles. The molecule has 2 aromatic rings. The van der Waals surface area contributed by atoms with Gasteiger partial charge in [-0.15, -0.1) is 0 Å². The third kappa shape index (κ3) is 2.93. The van der Waals surface area contributed by atoms with Crippen molar-refractivity contribution in [2.45, 2.75) is 32.7 Å². The Morgan fingerprint density at radius 3 is 2.70 bits per heavy atom. The summed E-state index contributed by atoms with van der Waals surface area (Å²) in [7, 11) is 0. The summed E-state index contributed by atoms with van der Waals surface area (Å²) in [6.07, 6.45) is 0.725. The Bertz CT molecular complexity index is 755. The number of hydrogen-bond donors (Lipinski definition) is 2. The van der Waals surface area contributed by atoms with Gasteiger partial charge in [-0.2, -0.15) is 0 Å². The molecule has 0 radical (unpaired) electrons. The number of halogens is 1. The van der Waals surface area contributed by atoms with Crippen molar-refractivity contribution >= 4 is 6.09 Å². The Hall–Kier alpha value is -2.36. The van der Waals surface area contributed by atoms with Crippen LogP contribution in [-0.2, 0) is 6.42 Å². The molecule has 3 nitrogen and oxygen atoms in total. The number of rotatable bonds is 2. The van der Waals surface area contributed by atoms with Gasteiger partial charge in [0.15, 0.2) is 0 Å². The summed E-state index contributed by atoms with van der Waals surface area (Å²) in [5.74, 6) is -0.246. The SMILES string of the molecule is CC1(C)CCc2cc(-c3ccccc3F)ccc2[C@H]1NC(=O)O. The van der Waals surface area contributed by atoms with E-state index in [4.69, 9.17) is 5.11 Å². The molecular weight excluding hydrogens is 293 g/mol. The molecule has 0 saturated heterocycles. The van der Waals surface area contributed by atoms with Gasteiger partial charge in [-0.3, -0.25) is 0 Å². The lowest BCUT2D eigenvalue weighted by molar-refractivity contribution is 0.161. The van der Waals surface area contributed by atoms with Gasteiger partial charge in [0.05, 0.1) is 6.04 Å². The summed E-state index contributed by atoms with van der Waals surface area (Å²) in [6, 6.07) is 12.2. The zero-order valence-corrected chi connectivity index (χ0v) is 13.3. The van der Waals surface area contributed by atoms with Gasteiger partial charge in [0.2, 0.25) is 0 Å². The maximum absolute atomic E-state index is 14.0. The molecule has 2 N–H and O–H groups in total. The highest BCUT2D eigenvalue weighted by Gasteiger charge is 2.37. The van der Waals surface area contributed by atoms with Crippen LogP contribution >= 0.6 is 0 Å². The first-order valence-corrected chi connectivity index (χ1v) is 7.76. The van der Waals surface area contributed by atoms with Gasteiger partial charge in [0, 0.05) is 5.56 Å². The second kappa shape index (κ2) is 5.69. The number of fused-ring (bicyclic) bond motifs is 1. The standard InChI is InChI=1S/C19H20FNO2/c1-19(2)10-9-13-11-12(14-5-3-4-6-16(14)20)7-8-15(13)17(19)21-18(22)23/h3-8,11,17,21H,9-10H2,1-2H3,(H,22,23)/t17-/m1/s1. The van der Waals surface area contributed by atoms with E-state index >= 15 is 0 Å². The van der Waals surface area contributed by atoms with Crippen LogP contribution in [0.3, 0.4) is 0 Å². The Balaban J connectivity index is 2.04. The van der Waals surface area contributed by atoms with Crippen LogP contribution in [0.2, 0.25) is 0 Å². The summed E-state index contributed by atoms with van der Waals surface area (Å²) in [5, 5.41) is 11.8. The lowest BCUT2D eigenvalue weighted by Gasteiger charge is -2.40. The van der Waals surface area contributed by atoms with Crippen LogP contribution in [0, 0.1) is 11.2 Å². The summed E-state index contributed by atoms with van der Waals surface area (Å²) < 4.78 is 14.0. The molecule has 120 valence electrons. The second-order valence-electron chi connectivity index (χ2n) is 6.76. The molecule has 0 spiro atoms. The van der Waals surface area contributed by atoms with Crippen molar-refractivity contribution in [2.75, 3.05) is 0 Å². The zero-order valence-electron chi connectivity index (χ0n) is 13.3. The zero-order chi connectivity index (χ0) is 16.6. The van der Waals surface area contributed by atoms with Crippen molar-refractivity contribution in [1.82, 2.24) is 5.32 Å². The van der Waals surface area contributed by atoms with Crippen LogP contribution in [0.5, 0.6) is 0 Å². The van der Waals surface area contributed by atoms with E-state index in [0.29, 0.717) is 5.56 Å². The molecule has 1 aliphatic carbocycles. The van der Waals surface area contributed by atoms with Gasteiger partial charge >= 0.3 is 6.09 Å². The van der Waals surface area contributed by atoms with Crippen LogP contribution in [0.4, 0.5) is 9.18 Å². The third-order valence-electron chi connectivity index (χ3n) is 4.73. The summed E-state index contributed by atoms with van der Waals surface area (Å²) in [6.45, 7) is 4.14. The van der Waals surface area contributed by atoms with Crippen LogP contribution in [-0.4, -0.2) is 11.2 Å². The average Bonchev–Trinajstić information content (AvgIpc) is 2.50. The average molecular weight is 313 g/mol. The van der Waals surface area contributed by atoms with Crippen molar-refractivity contribution in [1.29, 1.82) is 0 Å². The molecule has 23 heavy (non-hydrogen) atoms. The van der Waals surface area contributed by atoms with Gasteiger partial charge < -0.3 is 10.4 Å². The molecule has 0 fully saturated rings. The van der Waals surface area contributed by atoms with Crippen molar-refractivity contribution in [3.63, 3.8) is 0 Å². The van der Waals surface area contributed by atoms with Crippen molar-refractivity contribution in [3.05, 3.63) is 59.4 Å². The molecule has 4 heteroatoms. The summed E-state index contributed by atoms with van der Waals surface area (Å²) in [5.41, 5.74) is 3.33. The van der Waals surface area contributed by atoms with Gasteiger partial charge in [-0.05, 0) is 41.0 Å². The minimum absolute atomic E-state index is 0.148. The van der Waals surface area contributed by atoms with E-state index < -0.39 is 6.09 Å². The molecule has 1 aliphatic rings. The van der Waals surface area contributed by atoms with Crippen LogP contribution < -0.4 is 5.32 Å². The molecule has 0 heterocycles. The second-order valence-corrected chi connectivity index (χ2v) is 6.76. The predicted molar refractivity (Wildman–Crippen MR) is 87.8 cm³/mol. The Kier molecular flexibility index (Phi) is 3.84. The molecule has 3 rings (SSSR count). The Morgan fingerprint density at radius 1 is 1.26 bits per heavy atom. The Morgan fingerprint density at radius 2 is 2.00 bits per heavy atom. The predicted octanol–water partition coefficient (Wildman–Crippen LogP) is 4.77. The summed E-state index contributed by atoms with van der Waals surface area (Å²) in [4.78, 5) is 11.1. The molecule has 1 atom stereocenters. The fraction of sp³-hybridized carbons (Fsp3) is 0.316. The van der Waals surface area contributed by atoms with E-state index in [0.717, 1.165) is 29.5 Å². The quantitative estimate of drug-likeness (QED) is 0.838. The number of hydrogen-bond acceptors (Lipinski definition) is 1. The maximum Gasteiger partial charge on any atom is 0.405 e. The Labute approximate surface area is 135 Å². The lowest BCUT2D eigenvalue weighted by atomic mass is 9.70. The minimum atomic E-state index is -1.02. The van der Waals surface area contributed by atoms with E-state index in [1.165, 1.54) is 6.07 Å². The first-order chi connectivity index (χ1) is 10.9. The summed E-state index contributed by atoms with van der Waals surface area (Å²) >= 11 is 0. The molecule has 0 saturated carbocycles. The van der Waals surface area contributed by atoms with E-state index in [9.17, 15) is 9.18 Å². The fourth-order valence-electron chi connectivity index (χ4n) is 3.39. The maximum atomic E-state index is 14.0. The normalized spacial score (nSPS) is 19.0. The van der Waals surface area contributed by atoms with E-state index in [2.05, 4.69) is 19.2 Å². The monoisotopic (exact) mass is 313 g/mol. The lowest BCUT2D eigenvalue weighted by Crippen LogP contribution is -2.40. The number of carboxylic acid groups (broad SMARTS) is 1. The van der Waals surface area contributed by atoms with E-state index in [-0.39, 0.29) is 17.3 Å². The highest BCUT2D eigenvalue weighted by Crippen LogP contribution is 2.44. The van der Waals surface area contributed by atoms with Crippen molar-refractivity contribution in [3.8, 4) is 11.1 Å². The highest BCUT2D eigenvalue weighted by atomic mass is 19.1. The number of nitrogens with one attached hydrogen (secondary N) is 1. The van der Waals surface area contributed by atoms with Gasteiger partial charge in [-0.1, -0.05) is 50.2 Å².